The molecule has 0 aromatic carbocycles. The van der Waals surface area contributed by atoms with Crippen LogP contribution in [-0.4, -0.2) is 57.6 Å². The number of hydrogen-bond donors (Lipinski definition) is 0. The highest BCUT2D eigenvalue weighted by Crippen LogP contribution is 2.20. The Morgan fingerprint density at radius 1 is 1.29 bits per heavy atom. The maximum absolute atomic E-state index is 12.4. The second-order valence-corrected chi connectivity index (χ2v) is 6.07. The van der Waals surface area contributed by atoms with Crippen LogP contribution in [0.25, 0.3) is 0 Å². The number of rotatable bonds is 2. The highest BCUT2D eigenvalue weighted by Gasteiger charge is 2.32. The highest BCUT2D eigenvalue weighted by atomic mass is 35.5. The topological polar surface area (TPSA) is 73.1 Å². The first-order valence-corrected chi connectivity index (χ1v) is 7.25. The van der Waals surface area contributed by atoms with Gasteiger partial charge in [0.1, 0.15) is 5.54 Å². The summed E-state index contributed by atoms with van der Waals surface area (Å²) in [4.78, 5) is 16.2. The highest BCUT2D eigenvalue weighted by molar-refractivity contribution is 6.34. The van der Waals surface area contributed by atoms with Crippen LogP contribution in [0.4, 0.5) is 0 Å². The third-order valence-corrected chi connectivity index (χ3v) is 4.04. The predicted molar refractivity (Wildman–Crippen MR) is 79.2 cm³/mol. The number of aromatic nitrogens is 2. The summed E-state index contributed by atoms with van der Waals surface area (Å²) >= 11 is 11.7. The Kier molecular flexibility index (Phi) is 4.67. The molecule has 0 aliphatic carbocycles. The van der Waals surface area contributed by atoms with Gasteiger partial charge in [-0.3, -0.25) is 9.69 Å². The molecular formula is C13H15Cl2N5O. The van der Waals surface area contributed by atoms with Gasteiger partial charge in [0.25, 0.3) is 5.91 Å². The van der Waals surface area contributed by atoms with Crippen LogP contribution >= 0.6 is 23.2 Å². The van der Waals surface area contributed by atoms with Gasteiger partial charge in [0.15, 0.2) is 10.3 Å². The monoisotopic (exact) mass is 327 g/mol. The number of hydrogen-bond acceptors (Lipinski definition) is 5. The van der Waals surface area contributed by atoms with E-state index in [-0.39, 0.29) is 21.8 Å². The Labute approximate surface area is 133 Å². The second kappa shape index (κ2) is 6.14. The first kappa shape index (κ1) is 16.0. The largest absolute Gasteiger partial charge is 0.336 e. The van der Waals surface area contributed by atoms with Crippen molar-refractivity contribution in [2.24, 2.45) is 0 Å². The fourth-order valence-corrected chi connectivity index (χ4v) is 2.53. The minimum atomic E-state index is -0.533. The van der Waals surface area contributed by atoms with Crippen molar-refractivity contribution in [1.29, 1.82) is 5.26 Å². The fraction of sp³-hybridized carbons (Fsp3) is 0.538. The van der Waals surface area contributed by atoms with Crippen LogP contribution < -0.4 is 0 Å². The lowest BCUT2D eigenvalue weighted by Gasteiger charge is -2.40. The Hall–Kier alpha value is -1.42. The van der Waals surface area contributed by atoms with Crippen molar-refractivity contribution >= 4 is 29.1 Å². The molecule has 8 heteroatoms. The van der Waals surface area contributed by atoms with Crippen molar-refractivity contribution in [3.05, 3.63) is 21.9 Å². The lowest BCUT2D eigenvalue weighted by molar-refractivity contribution is 0.0520. The molecule has 1 aliphatic rings. The molecule has 0 bridgehead atoms. The van der Waals surface area contributed by atoms with Crippen molar-refractivity contribution in [3.8, 4) is 6.07 Å². The van der Waals surface area contributed by atoms with E-state index in [4.69, 9.17) is 28.5 Å². The van der Waals surface area contributed by atoms with Gasteiger partial charge in [-0.1, -0.05) is 23.2 Å². The molecule has 0 unspecified atom stereocenters. The van der Waals surface area contributed by atoms with E-state index < -0.39 is 5.54 Å². The standard InChI is InChI=1S/C13H15Cl2N5O/c1-13(2,8-16)20-5-3-19(4-6-20)12(21)9-7-10(14)17-18-11(9)15/h7H,3-6H2,1-2H3. The molecule has 21 heavy (non-hydrogen) atoms. The molecule has 1 aromatic heterocycles. The molecule has 0 N–H and O–H groups in total. The van der Waals surface area contributed by atoms with Gasteiger partial charge < -0.3 is 4.90 Å². The molecule has 6 nitrogen and oxygen atoms in total. The molecule has 0 atom stereocenters. The van der Waals surface area contributed by atoms with Gasteiger partial charge in [0.2, 0.25) is 0 Å². The maximum atomic E-state index is 12.4. The lowest BCUT2D eigenvalue weighted by Crippen LogP contribution is -2.55. The minimum absolute atomic E-state index is 0.0455. The third-order valence-electron chi connectivity index (χ3n) is 3.58. The number of nitriles is 1. The number of piperazine rings is 1. The number of carbonyl (C=O) groups is 1. The van der Waals surface area contributed by atoms with Crippen LogP contribution in [0.2, 0.25) is 10.3 Å². The Balaban J connectivity index is 2.07. The van der Waals surface area contributed by atoms with Gasteiger partial charge in [-0.15, -0.1) is 10.2 Å². The Bertz CT molecular complexity index is 591. The Morgan fingerprint density at radius 3 is 2.48 bits per heavy atom. The smallest absolute Gasteiger partial charge is 0.257 e. The van der Waals surface area contributed by atoms with E-state index >= 15 is 0 Å². The molecule has 1 amide bonds. The van der Waals surface area contributed by atoms with E-state index in [0.717, 1.165) is 0 Å². The molecule has 2 rings (SSSR count). The second-order valence-electron chi connectivity index (χ2n) is 5.32. The van der Waals surface area contributed by atoms with Crippen LogP contribution in [0.1, 0.15) is 24.2 Å². The zero-order valence-corrected chi connectivity index (χ0v) is 13.3. The van der Waals surface area contributed by atoms with Crippen LogP contribution in [0.5, 0.6) is 0 Å². The van der Waals surface area contributed by atoms with Crippen LogP contribution in [0, 0.1) is 11.3 Å². The summed E-state index contributed by atoms with van der Waals surface area (Å²) < 4.78 is 0. The van der Waals surface area contributed by atoms with E-state index in [1.165, 1.54) is 6.07 Å². The van der Waals surface area contributed by atoms with E-state index in [9.17, 15) is 4.79 Å². The summed E-state index contributed by atoms with van der Waals surface area (Å²) in [5.41, 5.74) is -0.279. The molecule has 0 spiro atoms. The number of amides is 1. The van der Waals surface area contributed by atoms with Gasteiger partial charge in [-0.25, -0.2) is 0 Å². The van der Waals surface area contributed by atoms with Crippen molar-refractivity contribution < 1.29 is 4.79 Å². The third kappa shape index (κ3) is 3.43. The summed E-state index contributed by atoms with van der Waals surface area (Å²) in [5, 5.41) is 16.6. The molecule has 1 saturated heterocycles. The molecule has 112 valence electrons. The molecule has 0 saturated carbocycles. The first-order chi connectivity index (χ1) is 9.85. The number of carbonyl (C=O) groups excluding carboxylic acids is 1. The van der Waals surface area contributed by atoms with Crippen molar-refractivity contribution in [3.63, 3.8) is 0 Å². The summed E-state index contributed by atoms with van der Waals surface area (Å²) in [6.07, 6.45) is 0. The summed E-state index contributed by atoms with van der Waals surface area (Å²) in [7, 11) is 0. The molecular weight excluding hydrogens is 313 g/mol. The number of nitrogens with zero attached hydrogens (tertiary/aromatic N) is 5. The Morgan fingerprint density at radius 2 is 1.90 bits per heavy atom. The SMILES string of the molecule is CC(C)(C#N)N1CCN(C(=O)c2cc(Cl)nnc2Cl)CC1. The average Bonchev–Trinajstić information content (AvgIpc) is 2.49. The minimum Gasteiger partial charge on any atom is -0.336 e. The fourth-order valence-electron chi connectivity index (χ4n) is 2.21. The number of halogens is 2. The first-order valence-electron chi connectivity index (χ1n) is 6.49. The zero-order valence-electron chi connectivity index (χ0n) is 11.8. The normalized spacial score (nSPS) is 16.6. The zero-order chi connectivity index (χ0) is 15.6. The lowest BCUT2D eigenvalue weighted by atomic mass is 10.0. The van der Waals surface area contributed by atoms with Crippen LogP contribution in [0.3, 0.4) is 0 Å². The van der Waals surface area contributed by atoms with Crippen molar-refractivity contribution in [2.45, 2.75) is 19.4 Å². The molecule has 1 fully saturated rings. The molecule has 0 radical (unpaired) electrons. The maximum Gasteiger partial charge on any atom is 0.257 e. The van der Waals surface area contributed by atoms with Gasteiger partial charge in [0, 0.05) is 26.2 Å². The van der Waals surface area contributed by atoms with E-state index in [1.54, 1.807) is 4.90 Å². The van der Waals surface area contributed by atoms with Gasteiger partial charge in [0.05, 0.1) is 11.6 Å². The summed E-state index contributed by atoms with van der Waals surface area (Å²) in [6, 6.07) is 3.69. The van der Waals surface area contributed by atoms with Crippen LogP contribution in [0.15, 0.2) is 6.07 Å². The van der Waals surface area contributed by atoms with E-state index in [1.807, 2.05) is 13.8 Å². The van der Waals surface area contributed by atoms with Gasteiger partial charge in [-0.05, 0) is 19.9 Å². The van der Waals surface area contributed by atoms with Gasteiger partial charge >= 0.3 is 0 Å². The van der Waals surface area contributed by atoms with Crippen molar-refractivity contribution in [2.75, 3.05) is 26.2 Å². The average molecular weight is 328 g/mol. The summed E-state index contributed by atoms with van der Waals surface area (Å²) in [5.74, 6) is -0.216. The summed E-state index contributed by atoms with van der Waals surface area (Å²) in [6.45, 7) is 6.06. The van der Waals surface area contributed by atoms with E-state index in [0.29, 0.717) is 26.2 Å². The molecule has 2 heterocycles. The predicted octanol–water partition coefficient (Wildman–Crippen LogP) is 1.84. The van der Waals surface area contributed by atoms with Crippen LogP contribution in [-0.2, 0) is 0 Å². The van der Waals surface area contributed by atoms with Crippen molar-refractivity contribution in [1.82, 2.24) is 20.0 Å². The van der Waals surface area contributed by atoms with E-state index in [2.05, 4.69) is 21.2 Å². The molecule has 1 aromatic rings. The quantitative estimate of drug-likeness (QED) is 0.828. The molecule has 1 aliphatic heterocycles. The van der Waals surface area contributed by atoms with Gasteiger partial charge in [-0.2, -0.15) is 5.26 Å².